The van der Waals surface area contributed by atoms with Crippen LogP contribution in [0.15, 0.2) is 18.2 Å². The van der Waals surface area contributed by atoms with Gasteiger partial charge in [-0.15, -0.1) is 0 Å². The van der Waals surface area contributed by atoms with Gasteiger partial charge in [-0.2, -0.15) is 0 Å². The van der Waals surface area contributed by atoms with E-state index in [0.717, 1.165) is 12.2 Å². The number of rotatable bonds is 5. The Balaban J connectivity index is 2.00. The zero-order valence-electron chi connectivity index (χ0n) is 11.2. The van der Waals surface area contributed by atoms with Crippen LogP contribution >= 0.6 is 0 Å². The van der Waals surface area contributed by atoms with Crippen molar-refractivity contribution in [2.24, 2.45) is 5.92 Å². The quantitative estimate of drug-likeness (QED) is 0.652. The molecule has 0 aromatic heterocycles. The van der Waals surface area contributed by atoms with Crippen molar-refractivity contribution in [3.8, 4) is 5.75 Å². The van der Waals surface area contributed by atoms with Crippen molar-refractivity contribution < 1.29 is 9.66 Å². The molecule has 0 atom stereocenters. The summed E-state index contributed by atoms with van der Waals surface area (Å²) in [5.41, 5.74) is 0.888. The van der Waals surface area contributed by atoms with Crippen molar-refractivity contribution in [3.05, 3.63) is 28.3 Å². The van der Waals surface area contributed by atoms with E-state index in [-0.39, 0.29) is 5.69 Å². The Morgan fingerprint density at radius 3 is 2.74 bits per heavy atom. The Bertz CT molecular complexity index is 442. The minimum atomic E-state index is -0.409. The molecule has 1 saturated carbocycles. The van der Waals surface area contributed by atoms with E-state index in [4.69, 9.17) is 4.74 Å². The predicted molar refractivity (Wildman–Crippen MR) is 74.7 cm³/mol. The first-order valence-corrected chi connectivity index (χ1v) is 6.77. The van der Waals surface area contributed by atoms with E-state index in [1.807, 2.05) is 0 Å². The molecule has 1 aliphatic carbocycles. The normalized spacial score (nSPS) is 16.1. The summed E-state index contributed by atoms with van der Waals surface area (Å²) in [5.74, 6) is 1.23. The molecule has 1 aliphatic rings. The third-order valence-corrected chi connectivity index (χ3v) is 3.70. The van der Waals surface area contributed by atoms with Crippen LogP contribution in [0.5, 0.6) is 5.75 Å². The molecule has 0 bridgehead atoms. The third-order valence-electron chi connectivity index (χ3n) is 3.70. The summed E-state index contributed by atoms with van der Waals surface area (Å²) in [6.45, 7) is 0.911. The van der Waals surface area contributed by atoms with E-state index in [1.54, 1.807) is 6.07 Å². The molecule has 1 aromatic rings. The van der Waals surface area contributed by atoms with Gasteiger partial charge < -0.3 is 10.1 Å². The molecule has 104 valence electrons. The summed E-state index contributed by atoms with van der Waals surface area (Å²) in [7, 11) is 1.53. The van der Waals surface area contributed by atoms with Gasteiger partial charge in [0.05, 0.1) is 23.8 Å². The maximum Gasteiger partial charge on any atom is 0.273 e. The number of benzene rings is 1. The second-order valence-corrected chi connectivity index (χ2v) is 5.03. The molecule has 1 fully saturated rings. The lowest BCUT2D eigenvalue weighted by molar-refractivity contribution is -0.384. The molecule has 0 spiro atoms. The lowest BCUT2D eigenvalue weighted by Crippen LogP contribution is -2.17. The topological polar surface area (TPSA) is 64.4 Å². The summed E-state index contributed by atoms with van der Waals surface area (Å²) in [6.07, 6.45) is 6.50. The van der Waals surface area contributed by atoms with E-state index in [1.165, 1.54) is 51.3 Å². The van der Waals surface area contributed by atoms with Crippen molar-refractivity contribution in [1.29, 1.82) is 0 Å². The van der Waals surface area contributed by atoms with Crippen LogP contribution in [0.1, 0.15) is 32.1 Å². The maximum atomic E-state index is 10.7. The molecular weight excluding hydrogens is 244 g/mol. The molecule has 19 heavy (non-hydrogen) atoms. The molecule has 1 aromatic carbocycles. The molecule has 0 amide bonds. The molecule has 5 nitrogen and oxygen atoms in total. The van der Waals surface area contributed by atoms with Gasteiger partial charge in [0.25, 0.3) is 5.69 Å². The van der Waals surface area contributed by atoms with Crippen molar-refractivity contribution in [2.45, 2.75) is 32.1 Å². The standard InChI is InChI=1S/C14H20N2O3/c1-19-14-9-12(16(17)18)7-8-13(14)15-10-11-5-3-2-4-6-11/h7-9,11,15H,2-6,10H2,1H3. The van der Waals surface area contributed by atoms with Crippen LogP contribution < -0.4 is 10.1 Å². The van der Waals surface area contributed by atoms with Gasteiger partial charge in [0.2, 0.25) is 0 Å². The highest BCUT2D eigenvalue weighted by molar-refractivity contribution is 5.60. The smallest absolute Gasteiger partial charge is 0.273 e. The summed E-state index contributed by atoms with van der Waals surface area (Å²) in [5, 5.41) is 14.1. The van der Waals surface area contributed by atoms with Crippen LogP contribution in [0, 0.1) is 16.0 Å². The number of nitrogens with zero attached hydrogens (tertiary/aromatic N) is 1. The fraction of sp³-hybridized carbons (Fsp3) is 0.571. The number of non-ortho nitro benzene ring substituents is 1. The van der Waals surface area contributed by atoms with E-state index < -0.39 is 4.92 Å². The van der Waals surface area contributed by atoms with E-state index >= 15 is 0 Å². The first-order valence-electron chi connectivity index (χ1n) is 6.77. The minimum Gasteiger partial charge on any atom is -0.494 e. The largest absolute Gasteiger partial charge is 0.494 e. The Kier molecular flexibility index (Phi) is 4.60. The second-order valence-electron chi connectivity index (χ2n) is 5.03. The lowest BCUT2D eigenvalue weighted by Gasteiger charge is -2.22. The molecule has 0 unspecified atom stereocenters. The number of hydrogen-bond acceptors (Lipinski definition) is 4. The van der Waals surface area contributed by atoms with Crippen LogP contribution in [0.25, 0.3) is 0 Å². The van der Waals surface area contributed by atoms with E-state index in [2.05, 4.69) is 5.32 Å². The molecule has 1 N–H and O–H groups in total. The number of ether oxygens (including phenoxy) is 1. The third kappa shape index (κ3) is 3.59. The van der Waals surface area contributed by atoms with Gasteiger partial charge in [-0.05, 0) is 24.8 Å². The number of nitro benzene ring substituents is 1. The number of methoxy groups -OCH3 is 1. The predicted octanol–water partition coefficient (Wildman–Crippen LogP) is 3.60. The first-order chi connectivity index (χ1) is 9.20. The maximum absolute atomic E-state index is 10.7. The summed E-state index contributed by atoms with van der Waals surface area (Å²) >= 11 is 0. The number of anilines is 1. The fourth-order valence-corrected chi connectivity index (χ4v) is 2.59. The van der Waals surface area contributed by atoms with Crippen molar-refractivity contribution in [1.82, 2.24) is 0 Å². The van der Waals surface area contributed by atoms with Gasteiger partial charge in [-0.25, -0.2) is 0 Å². The molecule has 0 aliphatic heterocycles. The average molecular weight is 264 g/mol. The van der Waals surface area contributed by atoms with Crippen molar-refractivity contribution >= 4 is 11.4 Å². The lowest BCUT2D eigenvalue weighted by atomic mass is 9.89. The Morgan fingerprint density at radius 2 is 2.11 bits per heavy atom. The Morgan fingerprint density at radius 1 is 1.37 bits per heavy atom. The monoisotopic (exact) mass is 264 g/mol. The number of hydrogen-bond donors (Lipinski definition) is 1. The molecule has 0 radical (unpaired) electrons. The van der Waals surface area contributed by atoms with Crippen LogP contribution in [0.2, 0.25) is 0 Å². The highest BCUT2D eigenvalue weighted by Gasteiger charge is 2.15. The second kappa shape index (κ2) is 6.41. The average Bonchev–Trinajstić information content (AvgIpc) is 2.45. The van der Waals surface area contributed by atoms with Gasteiger partial charge in [0.1, 0.15) is 5.75 Å². The summed E-state index contributed by atoms with van der Waals surface area (Å²) in [6, 6.07) is 4.69. The molecule has 2 rings (SSSR count). The number of nitro groups is 1. The van der Waals surface area contributed by atoms with Gasteiger partial charge in [-0.1, -0.05) is 19.3 Å². The highest BCUT2D eigenvalue weighted by Crippen LogP contribution is 2.30. The first kappa shape index (κ1) is 13.6. The van der Waals surface area contributed by atoms with Crippen LogP contribution in [-0.2, 0) is 0 Å². The van der Waals surface area contributed by atoms with Gasteiger partial charge in [0.15, 0.2) is 0 Å². The molecule has 5 heteroatoms. The van der Waals surface area contributed by atoms with Gasteiger partial charge in [0, 0.05) is 12.6 Å². The van der Waals surface area contributed by atoms with Crippen molar-refractivity contribution in [2.75, 3.05) is 19.0 Å². The van der Waals surface area contributed by atoms with Gasteiger partial charge in [-0.3, -0.25) is 10.1 Å². The fourth-order valence-electron chi connectivity index (χ4n) is 2.59. The van der Waals surface area contributed by atoms with Crippen LogP contribution in [0.4, 0.5) is 11.4 Å². The highest BCUT2D eigenvalue weighted by atomic mass is 16.6. The van der Waals surface area contributed by atoms with Crippen molar-refractivity contribution in [3.63, 3.8) is 0 Å². The zero-order valence-corrected chi connectivity index (χ0v) is 11.2. The number of nitrogens with one attached hydrogen (secondary N) is 1. The summed E-state index contributed by atoms with van der Waals surface area (Å²) in [4.78, 5) is 10.3. The molecule has 0 heterocycles. The zero-order chi connectivity index (χ0) is 13.7. The Hall–Kier alpha value is -1.78. The van der Waals surface area contributed by atoms with Gasteiger partial charge >= 0.3 is 0 Å². The van der Waals surface area contributed by atoms with E-state index in [0.29, 0.717) is 11.7 Å². The van der Waals surface area contributed by atoms with Crippen LogP contribution in [-0.4, -0.2) is 18.6 Å². The summed E-state index contributed by atoms with van der Waals surface area (Å²) < 4.78 is 5.21. The molecular formula is C14H20N2O3. The van der Waals surface area contributed by atoms with Crippen LogP contribution in [0.3, 0.4) is 0 Å². The molecule has 0 saturated heterocycles. The Labute approximate surface area is 113 Å². The van der Waals surface area contributed by atoms with E-state index in [9.17, 15) is 10.1 Å². The minimum absolute atomic E-state index is 0.0556. The SMILES string of the molecule is COc1cc([N+](=O)[O-])ccc1NCC1CCCCC1.